The summed E-state index contributed by atoms with van der Waals surface area (Å²) < 4.78 is 107. The van der Waals surface area contributed by atoms with Crippen molar-refractivity contribution in [2.75, 3.05) is 44.3 Å². The van der Waals surface area contributed by atoms with Crippen LogP contribution in [0.5, 0.6) is 11.8 Å². The van der Waals surface area contributed by atoms with Crippen LogP contribution in [0.4, 0.5) is 27.8 Å². The third-order valence-electron chi connectivity index (χ3n) is 9.69. The molecule has 3 aromatic carbocycles. The van der Waals surface area contributed by atoms with Crippen molar-refractivity contribution in [1.82, 2.24) is 14.9 Å². The highest BCUT2D eigenvalue weighted by molar-refractivity contribution is 6.04. The predicted molar refractivity (Wildman–Crippen MR) is 161 cm³/mol. The molecule has 12 heteroatoms. The van der Waals surface area contributed by atoms with E-state index in [1.807, 2.05) is 0 Å². The van der Waals surface area contributed by atoms with E-state index < -0.39 is 70.9 Å². The summed E-state index contributed by atoms with van der Waals surface area (Å²) >= 11 is 0. The third kappa shape index (κ3) is 4.47. The number of phenolic OH excluding ortho intramolecular Hbond substituents is 1. The fraction of sp³-hybridized carbons (Fsp3) is 0.412. The number of halogens is 5. The lowest BCUT2D eigenvalue weighted by atomic mass is 9.92. The molecule has 4 heterocycles. The summed E-state index contributed by atoms with van der Waals surface area (Å²) in [6.45, 7) is -1.62. The molecule has 46 heavy (non-hydrogen) atoms. The minimum absolute atomic E-state index is 0.0252. The summed E-state index contributed by atoms with van der Waals surface area (Å²) in [4.78, 5) is 11.9. The average Bonchev–Trinajstić information content (AvgIpc) is 3.39. The van der Waals surface area contributed by atoms with Gasteiger partial charge in [-0.2, -0.15) is 9.97 Å². The third-order valence-corrected chi connectivity index (χ3v) is 9.69. The summed E-state index contributed by atoms with van der Waals surface area (Å²) in [5, 5.41) is 10.5. The molecule has 7 nitrogen and oxygen atoms in total. The van der Waals surface area contributed by atoms with E-state index in [1.165, 1.54) is 17.0 Å². The molecule has 3 aliphatic heterocycles. The minimum atomic E-state index is -2.54. The lowest BCUT2D eigenvalue weighted by Crippen LogP contribution is -2.43. The lowest BCUT2D eigenvalue weighted by molar-refractivity contribution is 0.107. The Bertz CT molecular complexity index is 2050. The van der Waals surface area contributed by atoms with Crippen LogP contribution in [-0.4, -0.2) is 83.3 Å². The molecule has 0 spiro atoms. The van der Waals surface area contributed by atoms with Crippen molar-refractivity contribution in [3.63, 3.8) is 0 Å². The molecular weight excluding hydrogens is 607 g/mol. The molecule has 1 aromatic heterocycles. The number of hydrogen-bond donors (Lipinski definition) is 1. The largest absolute Gasteiger partial charge is 0.508 e. The molecule has 4 aromatic rings. The summed E-state index contributed by atoms with van der Waals surface area (Å²) in [5.41, 5.74) is -3.03. The van der Waals surface area contributed by atoms with Gasteiger partial charge in [-0.3, -0.25) is 4.90 Å². The highest BCUT2D eigenvalue weighted by atomic mass is 19.1. The molecule has 0 amide bonds. The first-order valence-corrected chi connectivity index (χ1v) is 15.1. The predicted octanol–water partition coefficient (Wildman–Crippen LogP) is 5.68. The van der Waals surface area contributed by atoms with Crippen LogP contribution in [-0.2, 0) is 4.74 Å². The summed E-state index contributed by atoms with van der Waals surface area (Å²) in [6.07, 6.45) is 3.81. The van der Waals surface area contributed by atoms with Crippen LogP contribution in [0.2, 0.25) is 0 Å². The Balaban J connectivity index is 1.35. The van der Waals surface area contributed by atoms with Gasteiger partial charge in [0.15, 0.2) is 5.82 Å². The zero-order valence-corrected chi connectivity index (χ0v) is 24.4. The summed E-state index contributed by atoms with van der Waals surface area (Å²) in [5.74, 6) is -1.93. The standard InChI is InChI=1S/C34H29F5N4O3/c1-2-20-24(36)5-4-17-10-19(44)11-21(26(17)20)27-25(37)12-22-30(29(27)39)40-33(46-16-34-6-3-7-42(34)14-18(35)13-34)41-32(22)43-8-9-45-15-23-28(38)31(23)43/h1,4-5,10-12,18,23,28,31,44H,3,6-9,13-16H2/t18-,23+,28+,31+,34+/m1/s1/i16D2. The fourth-order valence-electron chi connectivity index (χ4n) is 7.52. The topological polar surface area (TPSA) is 71.0 Å². The zero-order valence-electron chi connectivity index (χ0n) is 26.4. The average molecular weight is 639 g/mol. The zero-order chi connectivity index (χ0) is 33.7. The first-order valence-electron chi connectivity index (χ1n) is 16.1. The van der Waals surface area contributed by atoms with Crippen LogP contribution in [0.25, 0.3) is 32.8 Å². The van der Waals surface area contributed by atoms with Gasteiger partial charge >= 0.3 is 6.01 Å². The Kier molecular flexibility index (Phi) is 6.25. The van der Waals surface area contributed by atoms with Crippen molar-refractivity contribution < 1.29 is 39.3 Å². The van der Waals surface area contributed by atoms with Gasteiger partial charge in [-0.05, 0) is 49.0 Å². The van der Waals surface area contributed by atoms with E-state index in [9.17, 15) is 18.3 Å². The number of terminal acetylenes is 1. The quantitative estimate of drug-likeness (QED) is 0.223. The number of anilines is 1. The van der Waals surface area contributed by atoms with Crippen molar-refractivity contribution in [2.24, 2.45) is 5.92 Å². The van der Waals surface area contributed by atoms with Crippen molar-refractivity contribution in [1.29, 1.82) is 0 Å². The second-order valence-electron chi connectivity index (χ2n) is 12.4. The van der Waals surface area contributed by atoms with E-state index >= 15 is 8.78 Å². The molecule has 5 atom stereocenters. The molecular formula is C34H29F5N4O3. The number of benzene rings is 3. The van der Waals surface area contributed by atoms with Crippen LogP contribution < -0.4 is 9.64 Å². The van der Waals surface area contributed by atoms with Crippen LogP contribution in [0.15, 0.2) is 30.3 Å². The van der Waals surface area contributed by atoms with Gasteiger partial charge < -0.3 is 19.5 Å². The Morgan fingerprint density at radius 2 is 2.00 bits per heavy atom. The summed E-state index contributed by atoms with van der Waals surface area (Å²) in [7, 11) is 0. The maximum absolute atomic E-state index is 16.9. The number of hydrogen-bond acceptors (Lipinski definition) is 7. The van der Waals surface area contributed by atoms with Gasteiger partial charge in [0.1, 0.15) is 47.6 Å². The van der Waals surface area contributed by atoms with E-state index in [2.05, 4.69) is 15.9 Å². The molecule has 0 bridgehead atoms. The number of aromatic nitrogens is 2. The first-order chi connectivity index (χ1) is 22.9. The van der Waals surface area contributed by atoms with Crippen molar-refractivity contribution in [2.45, 2.75) is 43.2 Å². The molecule has 4 aliphatic rings. The number of aromatic hydroxyl groups is 1. The summed E-state index contributed by atoms with van der Waals surface area (Å²) in [6, 6.07) is 4.37. The maximum atomic E-state index is 16.9. The minimum Gasteiger partial charge on any atom is -0.508 e. The molecule has 0 unspecified atom stereocenters. The number of fused-ring (bicyclic) bond motifs is 4. The Morgan fingerprint density at radius 3 is 2.83 bits per heavy atom. The van der Waals surface area contributed by atoms with Gasteiger partial charge in [0, 0.05) is 41.8 Å². The Morgan fingerprint density at radius 1 is 1.15 bits per heavy atom. The van der Waals surface area contributed by atoms with Crippen LogP contribution in [0.1, 0.15) is 27.6 Å². The molecule has 0 radical (unpaired) electrons. The smallest absolute Gasteiger partial charge is 0.319 e. The van der Waals surface area contributed by atoms with Crippen molar-refractivity contribution in [3.05, 3.63) is 53.3 Å². The van der Waals surface area contributed by atoms with Crippen LogP contribution in [0, 0.1) is 35.7 Å². The van der Waals surface area contributed by atoms with Crippen LogP contribution >= 0.6 is 0 Å². The molecule has 8 rings (SSSR count). The fourth-order valence-corrected chi connectivity index (χ4v) is 7.52. The number of rotatable bonds is 5. The SMILES string of the molecule is [2H]C([2H])(Oc1nc(N2CCOC[C@H]3[C@H](F)[C@H]32)c2cc(F)c(-c3cc(O)cc4ccc(F)c(C#C)c34)c(F)c2n1)[C@@]12CCCN1C[C@H](F)C2. The van der Waals surface area contributed by atoms with E-state index in [0.29, 0.717) is 19.4 Å². The van der Waals surface area contributed by atoms with Gasteiger partial charge in [0.05, 0.1) is 38.7 Å². The van der Waals surface area contributed by atoms with Crippen molar-refractivity contribution >= 4 is 27.5 Å². The normalized spacial score (nSPS) is 28.4. The molecule has 238 valence electrons. The molecule has 1 saturated carbocycles. The van der Waals surface area contributed by atoms with Gasteiger partial charge in [-0.1, -0.05) is 12.0 Å². The van der Waals surface area contributed by atoms with Crippen molar-refractivity contribution in [3.8, 4) is 35.2 Å². The molecule has 1 N–H and O–H groups in total. The second kappa shape index (κ2) is 10.7. The second-order valence-corrected chi connectivity index (χ2v) is 12.4. The van der Waals surface area contributed by atoms with Crippen LogP contribution in [0.3, 0.4) is 0 Å². The molecule has 4 fully saturated rings. The van der Waals surface area contributed by atoms with E-state index in [1.54, 1.807) is 4.90 Å². The van der Waals surface area contributed by atoms with Gasteiger partial charge in [0.25, 0.3) is 0 Å². The first kappa shape index (κ1) is 27.0. The Hall–Kier alpha value is -4.21. The highest BCUT2D eigenvalue weighted by Gasteiger charge is 2.56. The highest BCUT2D eigenvalue weighted by Crippen LogP contribution is 2.47. The number of ether oxygens (including phenoxy) is 2. The van der Waals surface area contributed by atoms with E-state index in [0.717, 1.165) is 18.2 Å². The monoisotopic (exact) mass is 638 g/mol. The number of phenols is 1. The van der Waals surface area contributed by atoms with Gasteiger partial charge in [0.2, 0.25) is 0 Å². The van der Waals surface area contributed by atoms with E-state index in [-0.39, 0.29) is 71.6 Å². The Labute approximate surface area is 263 Å². The van der Waals surface area contributed by atoms with Gasteiger partial charge in [-0.15, -0.1) is 6.42 Å². The molecule has 3 saturated heterocycles. The number of alkyl halides is 2. The number of nitrogens with zero attached hydrogens (tertiary/aromatic N) is 4. The maximum Gasteiger partial charge on any atom is 0.319 e. The van der Waals surface area contributed by atoms with E-state index in [4.69, 9.17) is 18.6 Å². The molecule has 1 aliphatic carbocycles. The lowest BCUT2D eigenvalue weighted by Gasteiger charge is -2.31. The van der Waals surface area contributed by atoms with Gasteiger partial charge in [-0.25, -0.2) is 22.0 Å².